The van der Waals surface area contributed by atoms with Crippen LogP contribution in [0.5, 0.6) is 5.75 Å². The van der Waals surface area contributed by atoms with Crippen LogP contribution < -0.4 is 10.6 Å². The van der Waals surface area contributed by atoms with Gasteiger partial charge in [0.05, 0.1) is 5.69 Å². The first-order chi connectivity index (χ1) is 10.1. The molecule has 0 atom stereocenters. The van der Waals surface area contributed by atoms with Gasteiger partial charge in [-0.05, 0) is 36.2 Å². The number of hydrogen-bond donors (Lipinski definition) is 4. The fourth-order valence-electron chi connectivity index (χ4n) is 1.87. The Labute approximate surface area is 127 Å². The van der Waals surface area contributed by atoms with Gasteiger partial charge in [0.15, 0.2) is 0 Å². The average Bonchev–Trinajstić information content (AvgIpc) is 2.45. The lowest BCUT2D eigenvalue weighted by atomic mass is 10.1. The van der Waals surface area contributed by atoms with Crippen molar-refractivity contribution in [2.45, 2.75) is 6.42 Å². The Kier molecular flexibility index (Phi) is 5.03. The highest BCUT2D eigenvalue weighted by atomic mass is 35.5. The van der Waals surface area contributed by atoms with Gasteiger partial charge in [0.1, 0.15) is 5.75 Å². The summed E-state index contributed by atoms with van der Waals surface area (Å²) in [5.41, 5.74) is 1.30. The Morgan fingerprint density at radius 1 is 1.14 bits per heavy atom. The summed E-state index contributed by atoms with van der Waals surface area (Å²) in [6, 6.07) is 11.4. The van der Waals surface area contributed by atoms with Crippen LogP contribution in [-0.2, 0) is 6.42 Å². The zero-order chi connectivity index (χ0) is 15.2. The maximum absolute atomic E-state index is 11.9. The van der Waals surface area contributed by atoms with Crippen LogP contribution in [0.15, 0.2) is 42.5 Å². The highest BCUT2D eigenvalue weighted by Crippen LogP contribution is 2.32. The third-order valence-electron chi connectivity index (χ3n) is 2.81. The second-order valence-corrected chi connectivity index (χ2v) is 4.82. The number of amides is 2. The Hall–Kier alpha value is -2.24. The molecular weight excluding hydrogens is 292 g/mol. The summed E-state index contributed by atoms with van der Waals surface area (Å²) in [6.45, 7) is -0.121. The quantitative estimate of drug-likeness (QED) is 0.655. The summed E-state index contributed by atoms with van der Waals surface area (Å²) in [6.07, 6.45) is 0.251. The van der Waals surface area contributed by atoms with Gasteiger partial charge in [-0.15, -0.1) is 0 Å². The fourth-order valence-corrected chi connectivity index (χ4v) is 2.11. The molecule has 0 aliphatic carbocycles. The number of rotatable bonds is 4. The van der Waals surface area contributed by atoms with Gasteiger partial charge in [-0.3, -0.25) is 0 Å². The summed E-state index contributed by atoms with van der Waals surface area (Å²) in [5.74, 6) is -0.100. The molecule has 110 valence electrons. The number of anilines is 2. The molecule has 0 spiro atoms. The van der Waals surface area contributed by atoms with Gasteiger partial charge in [0.25, 0.3) is 0 Å². The van der Waals surface area contributed by atoms with Gasteiger partial charge < -0.3 is 20.8 Å². The normalized spacial score (nSPS) is 10.2. The number of nitrogens with one attached hydrogen (secondary N) is 2. The monoisotopic (exact) mass is 306 g/mol. The van der Waals surface area contributed by atoms with Crippen molar-refractivity contribution in [2.75, 3.05) is 17.2 Å². The molecule has 0 saturated heterocycles. The van der Waals surface area contributed by atoms with Crippen LogP contribution in [0.3, 0.4) is 0 Å². The number of urea groups is 1. The highest BCUT2D eigenvalue weighted by molar-refractivity contribution is 6.31. The minimum Gasteiger partial charge on any atom is -0.505 e. The average molecular weight is 307 g/mol. The first kappa shape index (κ1) is 15.2. The van der Waals surface area contributed by atoms with E-state index in [1.807, 2.05) is 6.07 Å². The van der Waals surface area contributed by atoms with Crippen LogP contribution >= 0.6 is 11.6 Å². The molecule has 0 radical (unpaired) electrons. The van der Waals surface area contributed by atoms with Crippen molar-refractivity contribution in [1.29, 1.82) is 0 Å². The van der Waals surface area contributed by atoms with Crippen LogP contribution in [0.4, 0.5) is 16.2 Å². The molecule has 2 rings (SSSR count). The smallest absolute Gasteiger partial charge is 0.323 e. The largest absolute Gasteiger partial charge is 0.505 e. The topological polar surface area (TPSA) is 81.6 Å². The van der Waals surface area contributed by atoms with E-state index >= 15 is 0 Å². The SMILES string of the molecule is O=C(Nc1ccccc1)Nc1cc(Cl)cc(CCO)c1O. The van der Waals surface area contributed by atoms with E-state index in [9.17, 15) is 9.90 Å². The molecule has 0 fully saturated rings. The maximum atomic E-state index is 11.9. The van der Waals surface area contributed by atoms with Crippen molar-refractivity contribution in [3.8, 4) is 5.75 Å². The zero-order valence-electron chi connectivity index (χ0n) is 11.1. The van der Waals surface area contributed by atoms with Crippen molar-refractivity contribution in [1.82, 2.24) is 0 Å². The molecule has 0 bridgehead atoms. The second kappa shape index (κ2) is 6.97. The predicted octanol–water partition coefficient (Wildman–Crippen LogP) is 3.22. The van der Waals surface area contributed by atoms with Gasteiger partial charge in [-0.1, -0.05) is 29.8 Å². The molecule has 2 aromatic carbocycles. The van der Waals surface area contributed by atoms with Crippen molar-refractivity contribution < 1.29 is 15.0 Å². The summed E-state index contributed by atoms with van der Waals surface area (Å²) < 4.78 is 0. The minimum atomic E-state index is -0.492. The number of aliphatic hydroxyl groups excluding tert-OH is 1. The standard InChI is InChI=1S/C15H15ClN2O3/c16-11-8-10(6-7-19)14(20)13(9-11)18-15(21)17-12-4-2-1-3-5-12/h1-5,8-9,19-20H,6-7H2,(H2,17,18,21). The molecule has 0 heterocycles. The Balaban J connectivity index is 2.13. The van der Waals surface area contributed by atoms with Crippen molar-refractivity contribution in [2.24, 2.45) is 0 Å². The van der Waals surface area contributed by atoms with Gasteiger partial charge in [0, 0.05) is 17.3 Å². The lowest BCUT2D eigenvalue weighted by molar-refractivity contribution is 0.262. The first-order valence-electron chi connectivity index (χ1n) is 6.35. The summed E-state index contributed by atoms with van der Waals surface area (Å²) in [7, 11) is 0. The Morgan fingerprint density at radius 3 is 2.52 bits per heavy atom. The minimum absolute atomic E-state index is 0.100. The van der Waals surface area contributed by atoms with E-state index in [1.165, 1.54) is 6.07 Å². The number of carbonyl (C=O) groups is 1. The number of aromatic hydroxyl groups is 1. The van der Waals surface area contributed by atoms with Crippen LogP contribution in [0.1, 0.15) is 5.56 Å². The molecule has 6 heteroatoms. The van der Waals surface area contributed by atoms with Crippen LogP contribution in [0.2, 0.25) is 5.02 Å². The molecule has 0 aliphatic rings. The Bertz CT molecular complexity index is 632. The van der Waals surface area contributed by atoms with E-state index in [1.54, 1.807) is 30.3 Å². The number of benzene rings is 2. The van der Waals surface area contributed by atoms with Gasteiger partial charge in [-0.25, -0.2) is 4.79 Å². The maximum Gasteiger partial charge on any atom is 0.323 e. The van der Waals surface area contributed by atoms with Crippen LogP contribution in [0.25, 0.3) is 0 Å². The molecule has 0 unspecified atom stereocenters. The molecule has 21 heavy (non-hydrogen) atoms. The second-order valence-electron chi connectivity index (χ2n) is 4.38. The van der Waals surface area contributed by atoms with Crippen LogP contribution in [-0.4, -0.2) is 22.9 Å². The van der Waals surface area contributed by atoms with Crippen LogP contribution in [0, 0.1) is 0 Å². The number of aliphatic hydroxyl groups is 1. The van der Waals surface area contributed by atoms with Crippen molar-refractivity contribution in [3.05, 3.63) is 53.1 Å². The molecule has 0 aromatic heterocycles. The summed E-state index contributed by atoms with van der Waals surface area (Å²) in [5, 5.41) is 24.5. The number of phenols is 1. The number of para-hydroxylation sites is 1. The Morgan fingerprint density at radius 2 is 1.86 bits per heavy atom. The molecular formula is C15H15ClN2O3. The third-order valence-corrected chi connectivity index (χ3v) is 3.03. The van der Waals surface area contributed by atoms with E-state index in [-0.39, 0.29) is 24.5 Å². The zero-order valence-corrected chi connectivity index (χ0v) is 11.9. The van der Waals surface area contributed by atoms with Crippen molar-refractivity contribution in [3.63, 3.8) is 0 Å². The van der Waals surface area contributed by atoms with E-state index in [2.05, 4.69) is 10.6 Å². The fraction of sp³-hybridized carbons (Fsp3) is 0.133. The highest BCUT2D eigenvalue weighted by Gasteiger charge is 2.12. The third kappa shape index (κ3) is 4.11. The lowest BCUT2D eigenvalue weighted by Crippen LogP contribution is -2.19. The molecule has 2 aromatic rings. The van der Waals surface area contributed by atoms with Gasteiger partial charge in [0.2, 0.25) is 0 Å². The number of halogens is 1. The molecule has 0 aliphatic heterocycles. The van der Waals surface area contributed by atoms with Gasteiger partial charge >= 0.3 is 6.03 Å². The van der Waals surface area contributed by atoms with Crippen molar-refractivity contribution >= 4 is 29.0 Å². The molecule has 2 amide bonds. The van der Waals surface area contributed by atoms with E-state index < -0.39 is 6.03 Å². The van der Waals surface area contributed by atoms with E-state index in [0.29, 0.717) is 16.3 Å². The number of hydrogen-bond acceptors (Lipinski definition) is 3. The molecule has 0 saturated carbocycles. The number of carbonyl (C=O) groups excluding carboxylic acids is 1. The predicted molar refractivity (Wildman–Crippen MR) is 83.0 cm³/mol. The van der Waals surface area contributed by atoms with E-state index in [4.69, 9.17) is 16.7 Å². The van der Waals surface area contributed by atoms with E-state index in [0.717, 1.165) is 0 Å². The summed E-state index contributed by atoms with van der Waals surface area (Å²) in [4.78, 5) is 11.9. The van der Waals surface area contributed by atoms with Gasteiger partial charge in [-0.2, -0.15) is 0 Å². The summed E-state index contributed by atoms with van der Waals surface area (Å²) >= 11 is 5.94. The first-order valence-corrected chi connectivity index (χ1v) is 6.73. The lowest BCUT2D eigenvalue weighted by Gasteiger charge is -2.12. The number of phenolic OH excluding ortho intramolecular Hbond substituents is 1. The molecule has 5 nitrogen and oxygen atoms in total. The molecule has 4 N–H and O–H groups in total.